The van der Waals surface area contributed by atoms with Gasteiger partial charge in [-0.05, 0) is 12.5 Å². The Kier molecular flexibility index (Phi) is 3.20. The van der Waals surface area contributed by atoms with Crippen molar-refractivity contribution in [3.05, 3.63) is 48.3 Å². The lowest BCUT2D eigenvalue weighted by atomic mass is 9.93. The molecule has 0 fully saturated rings. The van der Waals surface area contributed by atoms with Crippen molar-refractivity contribution in [1.82, 2.24) is 0 Å². The summed E-state index contributed by atoms with van der Waals surface area (Å²) in [6.07, 6.45) is -0.750. The summed E-state index contributed by atoms with van der Waals surface area (Å²) >= 11 is 0. The summed E-state index contributed by atoms with van der Waals surface area (Å²) in [6.45, 7) is 4.78. The van der Waals surface area contributed by atoms with E-state index < -0.39 is 17.8 Å². The van der Waals surface area contributed by atoms with Crippen molar-refractivity contribution < 1.29 is 9.50 Å². The van der Waals surface area contributed by atoms with Crippen LogP contribution in [0.25, 0.3) is 0 Å². The molecule has 0 bridgehead atoms. The highest BCUT2D eigenvalue weighted by atomic mass is 19.1. The van der Waals surface area contributed by atoms with Crippen LogP contribution in [0.4, 0.5) is 4.39 Å². The van der Waals surface area contributed by atoms with E-state index in [1.165, 1.54) is 0 Å². The summed E-state index contributed by atoms with van der Waals surface area (Å²) in [7, 11) is 0. The highest BCUT2D eigenvalue weighted by Gasteiger charge is 2.20. The van der Waals surface area contributed by atoms with Gasteiger partial charge in [-0.15, -0.1) is 0 Å². The molecule has 0 saturated carbocycles. The maximum atomic E-state index is 12.9. The molecule has 1 N–H and O–H groups in total. The average Bonchev–Trinajstić information content (AvgIpc) is 2.04. The molecule has 0 unspecified atom stereocenters. The average molecular weight is 180 g/mol. The Balaban J connectivity index is 2.96. The van der Waals surface area contributed by atoms with Crippen molar-refractivity contribution in [1.29, 1.82) is 0 Å². The first-order chi connectivity index (χ1) is 6.13. The lowest BCUT2D eigenvalue weighted by molar-refractivity contribution is 0.165. The maximum absolute atomic E-state index is 12.9. The summed E-state index contributed by atoms with van der Waals surface area (Å²) in [5.41, 5.74) is 0.755. The molecule has 1 nitrogen and oxygen atoms in total. The Hall–Kier alpha value is -1.15. The third kappa shape index (κ3) is 2.39. The number of aliphatic hydroxyl groups is 1. The standard InChI is InChI=1S/C11H13FO/c1-8(12)11(9(2)13)10-6-4-3-5-7-10/h3-7,9,11,13H,1H2,2H3/t9-,11-/m1/s1. The highest BCUT2D eigenvalue weighted by molar-refractivity contribution is 5.26. The molecule has 0 spiro atoms. The molecule has 13 heavy (non-hydrogen) atoms. The first kappa shape index (κ1) is 9.93. The summed E-state index contributed by atoms with van der Waals surface area (Å²) in [4.78, 5) is 0. The van der Waals surface area contributed by atoms with Gasteiger partial charge in [-0.25, -0.2) is 4.39 Å². The number of hydrogen-bond acceptors (Lipinski definition) is 1. The Morgan fingerprint density at radius 3 is 2.31 bits per heavy atom. The van der Waals surface area contributed by atoms with Gasteiger partial charge in [0.15, 0.2) is 0 Å². The highest BCUT2D eigenvalue weighted by Crippen LogP contribution is 2.27. The van der Waals surface area contributed by atoms with E-state index in [2.05, 4.69) is 6.58 Å². The smallest absolute Gasteiger partial charge is 0.103 e. The predicted octanol–water partition coefficient (Wildman–Crippen LogP) is 2.63. The van der Waals surface area contributed by atoms with E-state index in [9.17, 15) is 9.50 Å². The van der Waals surface area contributed by atoms with Gasteiger partial charge in [-0.3, -0.25) is 0 Å². The van der Waals surface area contributed by atoms with Gasteiger partial charge >= 0.3 is 0 Å². The van der Waals surface area contributed by atoms with E-state index in [4.69, 9.17) is 0 Å². The van der Waals surface area contributed by atoms with Crippen molar-refractivity contribution in [2.75, 3.05) is 0 Å². The zero-order valence-corrected chi connectivity index (χ0v) is 7.57. The van der Waals surface area contributed by atoms with Crippen LogP contribution in [0, 0.1) is 0 Å². The van der Waals surface area contributed by atoms with Gasteiger partial charge in [0.1, 0.15) is 5.83 Å². The third-order valence-electron chi connectivity index (χ3n) is 1.98. The molecule has 0 radical (unpaired) electrons. The first-order valence-electron chi connectivity index (χ1n) is 4.20. The van der Waals surface area contributed by atoms with Gasteiger partial charge < -0.3 is 5.11 Å². The number of halogens is 1. The number of aliphatic hydroxyl groups excluding tert-OH is 1. The molecule has 1 aromatic rings. The second-order valence-electron chi connectivity index (χ2n) is 3.08. The molecular formula is C11H13FO. The maximum Gasteiger partial charge on any atom is 0.103 e. The summed E-state index contributed by atoms with van der Waals surface area (Å²) in [6, 6.07) is 9.04. The molecule has 0 heterocycles. The molecule has 1 aromatic carbocycles. The van der Waals surface area contributed by atoms with E-state index in [-0.39, 0.29) is 0 Å². The molecule has 70 valence electrons. The summed E-state index contributed by atoms with van der Waals surface area (Å²) < 4.78 is 12.9. The van der Waals surface area contributed by atoms with Crippen LogP contribution < -0.4 is 0 Å². The quantitative estimate of drug-likeness (QED) is 0.758. The van der Waals surface area contributed by atoms with E-state index >= 15 is 0 Å². The Morgan fingerprint density at radius 2 is 1.92 bits per heavy atom. The fraction of sp³-hybridized carbons (Fsp3) is 0.273. The Morgan fingerprint density at radius 1 is 1.38 bits per heavy atom. The van der Waals surface area contributed by atoms with E-state index in [0.29, 0.717) is 0 Å². The molecule has 0 amide bonds. The second-order valence-corrected chi connectivity index (χ2v) is 3.08. The van der Waals surface area contributed by atoms with Gasteiger partial charge in [0, 0.05) is 0 Å². The molecular weight excluding hydrogens is 167 g/mol. The monoisotopic (exact) mass is 180 g/mol. The molecule has 0 aliphatic rings. The van der Waals surface area contributed by atoms with Crippen LogP contribution in [0.1, 0.15) is 18.4 Å². The zero-order valence-electron chi connectivity index (χ0n) is 7.57. The minimum atomic E-state index is -0.750. The van der Waals surface area contributed by atoms with Crippen molar-refractivity contribution in [2.45, 2.75) is 18.9 Å². The molecule has 2 atom stereocenters. The van der Waals surface area contributed by atoms with Gasteiger partial charge in [0.05, 0.1) is 12.0 Å². The lowest BCUT2D eigenvalue weighted by Gasteiger charge is -2.17. The minimum absolute atomic E-state index is 0.499. The molecule has 0 saturated heterocycles. The molecule has 2 heteroatoms. The normalized spacial score (nSPS) is 15.0. The van der Waals surface area contributed by atoms with Crippen LogP contribution in [0.15, 0.2) is 42.7 Å². The Labute approximate surface area is 77.5 Å². The van der Waals surface area contributed by atoms with Crippen molar-refractivity contribution in [3.63, 3.8) is 0 Å². The van der Waals surface area contributed by atoms with Gasteiger partial charge in [0.25, 0.3) is 0 Å². The van der Waals surface area contributed by atoms with Crippen LogP contribution in [0.5, 0.6) is 0 Å². The molecule has 0 aliphatic carbocycles. The predicted molar refractivity (Wildman–Crippen MR) is 51.1 cm³/mol. The van der Waals surface area contributed by atoms with Gasteiger partial charge in [0.2, 0.25) is 0 Å². The summed E-state index contributed by atoms with van der Waals surface area (Å²) in [5.74, 6) is -1.11. The number of benzene rings is 1. The fourth-order valence-corrected chi connectivity index (χ4v) is 1.38. The van der Waals surface area contributed by atoms with E-state index in [1.54, 1.807) is 19.1 Å². The van der Waals surface area contributed by atoms with Crippen molar-refractivity contribution >= 4 is 0 Å². The van der Waals surface area contributed by atoms with Crippen LogP contribution >= 0.6 is 0 Å². The molecule has 0 aromatic heterocycles. The summed E-state index contributed by atoms with van der Waals surface area (Å²) in [5, 5.41) is 9.34. The minimum Gasteiger partial charge on any atom is -0.392 e. The van der Waals surface area contributed by atoms with Crippen LogP contribution in [-0.2, 0) is 0 Å². The topological polar surface area (TPSA) is 20.2 Å². The zero-order chi connectivity index (χ0) is 9.84. The third-order valence-corrected chi connectivity index (χ3v) is 1.98. The van der Waals surface area contributed by atoms with Crippen LogP contribution in [-0.4, -0.2) is 11.2 Å². The first-order valence-corrected chi connectivity index (χ1v) is 4.20. The van der Waals surface area contributed by atoms with Crippen LogP contribution in [0.3, 0.4) is 0 Å². The van der Waals surface area contributed by atoms with Gasteiger partial charge in [-0.2, -0.15) is 0 Å². The van der Waals surface area contributed by atoms with Gasteiger partial charge in [-0.1, -0.05) is 36.9 Å². The largest absolute Gasteiger partial charge is 0.392 e. The SMILES string of the molecule is C=C(F)[C@@H](c1ccccc1)[C@@H](C)O. The van der Waals surface area contributed by atoms with Crippen LogP contribution in [0.2, 0.25) is 0 Å². The van der Waals surface area contributed by atoms with Crippen molar-refractivity contribution in [2.24, 2.45) is 0 Å². The van der Waals surface area contributed by atoms with Crippen molar-refractivity contribution in [3.8, 4) is 0 Å². The van der Waals surface area contributed by atoms with E-state index in [0.717, 1.165) is 5.56 Å². The number of rotatable bonds is 3. The van der Waals surface area contributed by atoms with E-state index in [1.807, 2.05) is 18.2 Å². The second kappa shape index (κ2) is 4.19. The number of hydrogen-bond donors (Lipinski definition) is 1. The Bertz CT molecular complexity index is 279. The fourth-order valence-electron chi connectivity index (χ4n) is 1.38. The lowest BCUT2D eigenvalue weighted by Crippen LogP contribution is -2.14. The molecule has 1 rings (SSSR count). The molecule has 0 aliphatic heterocycles.